The van der Waals surface area contributed by atoms with Crippen molar-refractivity contribution in [1.82, 2.24) is 4.90 Å². The van der Waals surface area contributed by atoms with Gasteiger partial charge >= 0.3 is 0 Å². The molecule has 0 aromatic heterocycles. The fourth-order valence-corrected chi connectivity index (χ4v) is 2.06. The highest BCUT2D eigenvalue weighted by Crippen LogP contribution is 2.11. The highest BCUT2D eigenvalue weighted by atomic mass is 32.1. The molecule has 1 rings (SSSR count). The third-order valence-electron chi connectivity index (χ3n) is 3.11. The molecule has 0 saturated carbocycles. The van der Waals surface area contributed by atoms with E-state index >= 15 is 0 Å². The van der Waals surface area contributed by atoms with Gasteiger partial charge in [0.1, 0.15) is 4.99 Å². The number of hydrogen-bond donors (Lipinski definition) is 3. The first-order valence-corrected chi connectivity index (χ1v) is 7.39. The summed E-state index contributed by atoms with van der Waals surface area (Å²) in [6.45, 7) is 5.15. The number of carbonyl (C=O) groups is 1. The van der Waals surface area contributed by atoms with E-state index in [1.54, 1.807) is 24.3 Å². The molecule has 0 aliphatic rings. The number of aliphatic hydroxyl groups is 1. The van der Waals surface area contributed by atoms with E-state index in [1.807, 2.05) is 18.7 Å². The number of nitrogens with zero attached hydrogens (tertiary/aromatic N) is 1. The van der Waals surface area contributed by atoms with E-state index < -0.39 is 0 Å². The van der Waals surface area contributed by atoms with Crippen LogP contribution in [0.1, 0.15) is 25.8 Å². The summed E-state index contributed by atoms with van der Waals surface area (Å²) in [7, 11) is 0. The molecule has 0 spiro atoms. The highest BCUT2D eigenvalue weighted by Gasteiger charge is 2.13. The van der Waals surface area contributed by atoms with Crippen LogP contribution in [-0.4, -0.2) is 46.6 Å². The van der Waals surface area contributed by atoms with E-state index in [9.17, 15) is 4.79 Å². The number of amides is 1. The summed E-state index contributed by atoms with van der Waals surface area (Å²) in [5, 5.41) is 11.7. The lowest BCUT2D eigenvalue weighted by molar-refractivity contribution is -0.117. The van der Waals surface area contributed by atoms with E-state index in [-0.39, 0.29) is 25.1 Å². The van der Waals surface area contributed by atoms with Crippen molar-refractivity contribution >= 4 is 28.8 Å². The molecule has 0 fully saturated rings. The molecule has 0 bridgehead atoms. The Morgan fingerprint density at radius 1 is 1.48 bits per heavy atom. The zero-order chi connectivity index (χ0) is 15.8. The van der Waals surface area contributed by atoms with Crippen LogP contribution in [0, 0.1) is 0 Å². The minimum absolute atomic E-state index is 0.0956. The molecule has 1 aromatic rings. The molecule has 4 N–H and O–H groups in total. The Morgan fingerprint density at radius 2 is 2.19 bits per heavy atom. The lowest BCUT2D eigenvalue weighted by atomic mass is 10.2. The number of thiocarbonyl (C=S) groups is 1. The maximum atomic E-state index is 12.1. The second kappa shape index (κ2) is 8.71. The van der Waals surface area contributed by atoms with E-state index in [4.69, 9.17) is 23.1 Å². The van der Waals surface area contributed by atoms with Gasteiger partial charge in [0.25, 0.3) is 0 Å². The van der Waals surface area contributed by atoms with Gasteiger partial charge in [0.15, 0.2) is 0 Å². The molecule has 0 aliphatic heterocycles. The van der Waals surface area contributed by atoms with Crippen LogP contribution < -0.4 is 11.1 Å². The Morgan fingerprint density at radius 3 is 2.76 bits per heavy atom. The summed E-state index contributed by atoms with van der Waals surface area (Å²) in [4.78, 5) is 14.4. The summed E-state index contributed by atoms with van der Waals surface area (Å²) in [6, 6.07) is 7.40. The third-order valence-corrected chi connectivity index (χ3v) is 3.35. The lowest BCUT2D eigenvalue weighted by Crippen LogP contribution is -2.39. The molecule has 116 valence electrons. The van der Waals surface area contributed by atoms with Crippen molar-refractivity contribution in [2.24, 2.45) is 5.73 Å². The first kappa shape index (κ1) is 17.6. The van der Waals surface area contributed by atoms with Gasteiger partial charge in [-0.3, -0.25) is 9.69 Å². The van der Waals surface area contributed by atoms with Crippen molar-refractivity contribution in [3.63, 3.8) is 0 Å². The number of aliphatic hydroxyl groups excluding tert-OH is 1. The standard InChI is InChI=1S/C15H23N3O2S/c1-11(2)18(7-4-8-19)10-14(20)17-13-6-3-5-12(9-13)15(16)21/h3,5-6,9,11,19H,4,7-8,10H2,1-2H3,(H2,16,21)(H,17,20). The zero-order valence-corrected chi connectivity index (χ0v) is 13.3. The molecule has 1 aromatic carbocycles. The monoisotopic (exact) mass is 309 g/mol. The van der Waals surface area contributed by atoms with Crippen molar-refractivity contribution in [2.75, 3.05) is 25.0 Å². The Balaban J connectivity index is 2.63. The smallest absolute Gasteiger partial charge is 0.238 e. The van der Waals surface area contributed by atoms with Crippen LogP contribution in [-0.2, 0) is 4.79 Å². The number of hydrogen-bond acceptors (Lipinski definition) is 4. The number of benzene rings is 1. The van der Waals surface area contributed by atoms with Gasteiger partial charge in [-0.05, 0) is 32.4 Å². The molecular weight excluding hydrogens is 286 g/mol. The largest absolute Gasteiger partial charge is 0.396 e. The fourth-order valence-electron chi connectivity index (χ4n) is 1.93. The van der Waals surface area contributed by atoms with Crippen LogP contribution in [0.15, 0.2) is 24.3 Å². The maximum Gasteiger partial charge on any atom is 0.238 e. The van der Waals surface area contributed by atoms with Crippen LogP contribution in [0.2, 0.25) is 0 Å². The number of anilines is 1. The molecular formula is C15H23N3O2S. The van der Waals surface area contributed by atoms with E-state index in [0.717, 1.165) is 5.56 Å². The molecule has 0 aliphatic carbocycles. The number of rotatable bonds is 8. The molecule has 5 nitrogen and oxygen atoms in total. The first-order valence-electron chi connectivity index (χ1n) is 6.98. The minimum atomic E-state index is -0.0956. The summed E-state index contributed by atoms with van der Waals surface area (Å²) in [5.74, 6) is -0.0956. The van der Waals surface area contributed by atoms with Crippen LogP contribution in [0.4, 0.5) is 5.69 Å². The van der Waals surface area contributed by atoms with E-state index in [1.165, 1.54) is 0 Å². The topological polar surface area (TPSA) is 78.6 Å². The van der Waals surface area contributed by atoms with Gasteiger partial charge < -0.3 is 16.2 Å². The number of nitrogens with two attached hydrogens (primary N) is 1. The summed E-state index contributed by atoms with van der Waals surface area (Å²) in [6.07, 6.45) is 0.655. The van der Waals surface area contributed by atoms with Crippen LogP contribution >= 0.6 is 12.2 Å². The molecule has 0 atom stereocenters. The Hall–Kier alpha value is -1.50. The average molecular weight is 309 g/mol. The highest BCUT2D eigenvalue weighted by molar-refractivity contribution is 7.80. The predicted octanol–water partition coefficient (Wildman–Crippen LogP) is 1.35. The summed E-state index contributed by atoms with van der Waals surface area (Å²) in [5.41, 5.74) is 6.98. The third kappa shape index (κ3) is 6.20. The van der Waals surface area contributed by atoms with Crippen molar-refractivity contribution in [3.8, 4) is 0 Å². The molecule has 0 unspecified atom stereocenters. The van der Waals surface area contributed by atoms with Crippen LogP contribution in [0.5, 0.6) is 0 Å². The van der Waals surface area contributed by atoms with Gasteiger partial charge in [-0.2, -0.15) is 0 Å². The summed E-state index contributed by atoms with van der Waals surface area (Å²) >= 11 is 4.92. The van der Waals surface area contributed by atoms with E-state index in [0.29, 0.717) is 23.6 Å². The van der Waals surface area contributed by atoms with Crippen molar-refractivity contribution in [2.45, 2.75) is 26.3 Å². The van der Waals surface area contributed by atoms with Gasteiger partial charge in [-0.25, -0.2) is 0 Å². The predicted molar refractivity (Wildman–Crippen MR) is 89.4 cm³/mol. The second-order valence-corrected chi connectivity index (χ2v) is 5.57. The molecule has 1 amide bonds. The number of nitrogens with one attached hydrogen (secondary N) is 1. The minimum Gasteiger partial charge on any atom is -0.396 e. The zero-order valence-electron chi connectivity index (χ0n) is 12.5. The summed E-state index contributed by atoms with van der Waals surface area (Å²) < 4.78 is 0. The van der Waals surface area contributed by atoms with Crippen molar-refractivity contribution in [1.29, 1.82) is 0 Å². The first-order chi connectivity index (χ1) is 9.93. The van der Waals surface area contributed by atoms with E-state index in [2.05, 4.69) is 5.32 Å². The van der Waals surface area contributed by atoms with Gasteiger partial charge in [0.2, 0.25) is 5.91 Å². The van der Waals surface area contributed by atoms with Gasteiger partial charge in [0, 0.05) is 30.4 Å². The van der Waals surface area contributed by atoms with Crippen molar-refractivity contribution in [3.05, 3.63) is 29.8 Å². The number of carbonyl (C=O) groups excluding carboxylic acids is 1. The van der Waals surface area contributed by atoms with Gasteiger partial charge in [0.05, 0.1) is 6.54 Å². The fraction of sp³-hybridized carbons (Fsp3) is 0.467. The Kier molecular flexibility index (Phi) is 7.28. The molecule has 21 heavy (non-hydrogen) atoms. The Bertz CT molecular complexity index is 492. The molecule has 0 radical (unpaired) electrons. The van der Waals surface area contributed by atoms with Gasteiger partial charge in [-0.15, -0.1) is 0 Å². The second-order valence-electron chi connectivity index (χ2n) is 5.13. The molecule has 0 heterocycles. The molecule has 6 heteroatoms. The quantitative estimate of drug-likeness (QED) is 0.632. The SMILES string of the molecule is CC(C)N(CCCO)CC(=O)Nc1cccc(C(N)=S)c1. The van der Waals surface area contributed by atoms with Crippen LogP contribution in [0.25, 0.3) is 0 Å². The lowest BCUT2D eigenvalue weighted by Gasteiger charge is -2.25. The average Bonchev–Trinajstić information content (AvgIpc) is 2.43. The van der Waals surface area contributed by atoms with Crippen LogP contribution in [0.3, 0.4) is 0 Å². The maximum absolute atomic E-state index is 12.1. The molecule has 0 saturated heterocycles. The Labute approximate surface area is 131 Å². The normalized spacial score (nSPS) is 10.9. The van der Waals surface area contributed by atoms with Gasteiger partial charge in [-0.1, -0.05) is 24.4 Å². The van der Waals surface area contributed by atoms with Crippen molar-refractivity contribution < 1.29 is 9.90 Å².